The molecule has 0 radical (unpaired) electrons. The van der Waals surface area contributed by atoms with E-state index in [2.05, 4.69) is 9.98 Å². The van der Waals surface area contributed by atoms with Crippen molar-refractivity contribution in [3.63, 3.8) is 0 Å². The molecule has 110 valence electrons. The fourth-order valence-electron chi connectivity index (χ4n) is 2.62. The molecule has 4 nitrogen and oxygen atoms in total. The van der Waals surface area contributed by atoms with Gasteiger partial charge in [0.2, 0.25) is 12.2 Å². The van der Waals surface area contributed by atoms with Crippen molar-refractivity contribution in [1.82, 2.24) is 0 Å². The minimum absolute atomic E-state index is 0.275. The normalized spacial score (nSPS) is 12.6. The molecule has 0 N–H and O–H groups in total. The van der Waals surface area contributed by atoms with E-state index in [1.807, 2.05) is 55.5 Å². The van der Waals surface area contributed by atoms with Gasteiger partial charge in [0.1, 0.15) is 0 Å². The first-order valence-electron chi connectivity index (χ1n) is 6.94. The smallest absolute Gasteiger partial charge is 0.211 e. The highest BCUT2D eigenvalue weighted by molar-refractivity contribution is 5.56. The van der Waals surface area contributed by atoms with Gasteiger partial charge in [0.15, 0.2) is 0 Å². The van der Waals surface area contributed by atoms with Crippen LogP contribution in [0.1, 0.15) is 18.1 Å². The Hall–Kier alpha value is -2.80. The van der Waals surface area contributed by atoms with Gasteiger partial charge in [-0.3, -0.25) is 0 Å². The summed E-state index contributed by atoms with van der Waals surface area (Å²) in [5.41, 5.74) is 2.07. The molecule has 1 unspecified atom stereocenters. The Morgan fingerprint density at radius 3 is 2.32 bits per heavy atom. The van der Waals surface area contributed by atoms with Crippen LogP contribution in [0.5, 0.6) is 0 Å². The van der Waals surface area contributed by atoms with Crippen molar-refractivity contribution in [2.24, 2.45) is 9.98 Å². The highest BCUT2D eigenvalue weighted by Gasteiger charge is 2.29. The zero-order valence-electron chi connectivity index (χ0n) is 12.3. The second-order valence-electron chi connectivity index (χ2n) is 5.35. The maximum Gasteiger partial charge on any atom is 0.240 e. The van der Waals surface area contributed by atoms with Crippen molar-refractivity contribution < 1.29 is 9.59 Å². The number of isocyanates is 2. The molecular formula is C18H16N2O2. The maximum atomic E-state index is 10.6. The molecule has 0 aliphatic carbocycles. The third kappa shape index (κ3) is 3.64. The van der Waals surface area contributed by atoms with Crippen LogP contribution in [-0.2, 0) is 21.4 Å². The summed E-state index contributed by atoms with van der Waals surface area (Å²) < 4.78 is 0. The molecule has 0 bridgehead atoms. The molecule has 4 heteroatoms. The molecule has 2 aromatic carbocycles. The van der Waals surface area contributed by atoms with E-state index in [1.54, 1.807) is 18.2 Å². The molecule has 2 rings (SSSR count). The van der Waals surface area contributed by atoms with Gasteiger partial charge < -0.3 is 0 Å². The van der Waals surface area contributed by atoms with Crippen LogP contribution in [0.15, 0.2) is 64.6 Å². The summed E-state index contributed by atoms with van der Waals surface area (Å²) in [5, 5.41) is 0. The zero-order valence-corrected chi connectivity index (χ0v) is 12.3. The SMILES string of the molecule is CC(CN=C=O)(Cc1ccccc1)c1ccccc1N=C=O. The van der Waals surface area contributed by atoms with Gasteiger partial charge in [0, 0.05) is 5.41 Å². The second kappa shape index (κ2) is 7.28. The van der Waals surface area contributed by atoms with Crippen LogP contribution >= 0.6 is 0 Å². The minimum atomic E-state index is -0.463. The lowest BCUT2D eigenvalue weighted by molar-refractivity contribution is 0.478. The lowest BCUT2D eigenvalue weighted by atomic mass is 9.76. The van der Waals surface area contributed by atoms with Gasteiger partial charge in [0.25, 0.3) is 0 Å². The largest absolute Gasteiger partial charge is 0.240 e. The molecule has 0 fully saturated rings. The van der Waals surface area contributed by atoms with Crippen LogP contribution in [0.4, 0.5) is 5.69 Å². The summed E-state index contributed by atoms with van der Waals surface area (Å²) in [6.45, 7) is 2.27. The third-order valence-corrected chi connectivity index (χ3v) is 3.65. The highest BCUT2D eigenvalue weighted by atomic mass is 16.1. The average Bonchev–Trinajstić information content (AvgIpc) is 2.55. The number of aliphatic imine (C=N–C) groups is 2. The summed E-state index contributed by atoms with van der Waals surface area (Å²) in [5.74, 6) is 0. The molecule has 0 aliphatic rings. The Kier molecular flexibility index (Phi) is 5.16. The van der Waals surface area contributed by atoms with Gasteiger partial charge >= 0.3 is 0 Å². The molecule has 0 saturated carbocycles. The van der Waals surface area contributed by atoms with E-state index in [4.69, 9.17) is 0 Å². The van der Waals surface area contributed by atoms with Gasteiger partial charge in [-0.1, -0.05) is 55.5 Å². The van der Waals surface area contributed by atoms with Gasteiger partial charge in [0.05, 0.1) is 12.2 Å². The maximum absolute atomic E-state index is 10.6. The number of nitrogens with zero attached hydrogens (tertiary/aromatic N) is 2. The van der Waals surface area contributed by atoms with Crippen molar-refractivity contribution in [1.29, 1.82) is 0 Å². The van der Waals surface area contributed by atoms with Gasteiger partial charge in [-0.2, -0.15) is 4.99 Å². The fraction of sp³-hybridized carbons (Fsp3) is 0.222. The predicted octanol–water partition coefficient (Wildman–Crippen LogP) is 3.49. The molecule has 0 aliphatic heterocycles. The van der Waals surface area contributed by atoms with Crippen LogP contribution in [0.25, 0.3) is 0 Å². The number of hydrogen-bond donors (Lipinski definition) is 0. The fourth-order valence-corrected chi connectivity index (χ4v) is 2.62. The van der Waals surface area contributed by atoms with E-state index in [0.29, 0.717) is 12.1 Å². The molecule has 1 atom stereocenters. The number of hydrogen-bond acceptors (Lipinski definition) is 4. The first-order valence-corrected chi connectivity index (χ1v) is 6.94. The second-order valence-corrected chi connectivity index (χ2v) is 5.35. The molecule has 2 aromatic rings. The van der Waals surface area contributed by atoms with Crippen LogP contribution in [0.3, 0.4) is 0 Å². The number of rotatable bonds is 6. The van der Waals surface area contributed by atoms with E-state index in [1.165, 1.54) is 0 Å². The topological polar surface area (TPSA) is 58.9 Å². The number of para-hydroxylation sites is 1. The Labute approximate surface area is 129 Å². The van der Waals surface area contributed by atoms with E-state index < -0.39 is 5.41 Å². The molecule has 0 heterocycles. The Morgan fingerprint density at radius 2 is 1.64 bits per heavy atom. The quantitative estimate of drug-likeness (QED) is 0.604. The van der Waals surface area contributed by atoms with E-state index in [9.17, 15) is 9.59 Å². The van der Waals surface area contributed by atoms with Crippen LogP contribution < -0.4 is 0 Å². The Morgan fingerprint density at radius 1 is 0.955 bits per heavy atom. The van der Waals surface area contributed by atoms with E-state index in [0.717, 1.165) is 11.1 Å². The first-order chi connectivity index (χ1) is 10.7. The van der Waals surface area contributed by atoms with Crippen LogP contribution in [0, 0.1) is 0 Å². The predicted molar refractivity (Wildman–Crippen MR) is 84.7 cm³/mol. The van der Waals surface area contributed by atoms with Crippen molar-refractivity contribution in [2.75, 3.05) is 6.54 Å². The van der Waals surface area contributed by atoms with Crippen LogP contribution in [0.2, 0.25) is 0 Å². The Balaban J connectivity index is 2.49. The Bertz CT molecular complexity index is 730. The van der Waals surface area contributed by atoms with Crippen molar-refractivity contribution in [3.05, 3.63) is 65.7 Å². The lowest BCUT2D eigenvalue weighted by Crippen LogP contribution is -2.29. The minimum Gasteiger partial charge on any atom is -0.211 e. The monoisotopic (exact) mass is 292 g/mol. The van der Waals surface area contributed by atoms with Gasteiger partial charge in [-0.05, 0) is 23.6 Å². The molecule has 0 spiro atoms. The summed E-state index contributed by atoms with van der Waals surface area (Å²) in [6.07, 6.45) is 3.85. The molecular weight excluding hydrogens is 276 g/mol. The standard InChI is InChI=1S/C18H16N2O2/c1-18(12-19-13-21,11-15-7-3-2-4-8-15)16-9-5-6-10-17(16)20-14-22/h2-10H,11-12H2,1H3. The zero-order chi connectivity index (χ0) is 15.8. The molecule has 22 heavy (non-hydrogen) atoms. The summed E-state index contributed by atoms with van der Waals surface area (Å²) in [4.78, 5) is 28.8. The summed E-state index contributed by atoms with van der Waals surface area (Å²) in [7, 11) is 0. The highest BCUT2D eigenvalue weighted by Crippen LogP contribution is 2.35. The summed E-state index contributed by atoms with van der Waals surface area (Å²) in [6, 6.07) is 17.3. The van der Waals surface area contributed by atoms with Crippen LogP contribution in [-0.4, -0.2) is 18.7 Å². The van der Waals surface area contributed by atoms with Crippen molar-refractivity contribution in [2.45, 2.75) is 18.8 Å². The van der Waals surface area contributed by atoms with E-state index >= 15 is 0 Å². The van der Waals surface area contributed by atoms with Gasteiger partial charge in [-0.15, -0.1) is 0 Å². The van der Waals surface area contributed by atoms with Crippen molar-refractivity contribution >= 4 is 17.8 Å². The molecule has 0 aromatic heterocycles. The average molecular weight is 292 g/mol. The van der Waals surface area contributed by atoms with Crippen molar-refractivity contribution in [3.8, 4) is 0 Å². The first kappa shape index (κ1) is 15.6. The lowest BCUT2D eigenvalue weighted by Gasteiger charge is -2.29. The number of benzene rings is 2. The van der Waals surface area contributed by atoms with E-state index in [-0.39, 0.29) is 6.54 Å². The number of carbonyl (C=O) groups excluding carboxylic acids is 2. The third-order valence-electron chi connectivity index (χ3n) is 3.65. The van der Waals surface area contributed by atoms with Gasteiger partial charge in [-0.25, -0.2) is 14.6 Å². The molecule has 0 amide bonds. The molecule has 0 saturated heterocycles. The summed E-state index contributed by atoms with van der Waals surface area (Å²) >= 11 is 0.